The third kappa shape index (κ3) is 3.30. The lowest BCUT2D eigenvalue weighted by atomic mass is 10.1. The molecule has 0 aliphatic carbocycles. The van der Waals surface area contributed by atoms with Crippen LogP contribution in [0.3, 0.4) is 0 Å². The van der Waals surface area contributed by atoms with Gasteiger partial charge in [-0.15, -0.1) is 10.2 Å². The minimum absolute atomic E-state index is 0.278. The van der Waals surface area contributed by atoms with Crippen molar-refractivity contribution >= 4 is 0 Å². The Kier molecular flexibility index (Phi) is 3.94. The fourth-order valence-corrected chi connectivity index (χ4v) is 1.73. The van der Waals surface area contributed by atoms with E-state index in [0.29, 0.717) is 24.7 Å². The van der Waals surface area contributed by atoms with Gasteiger partial charge in [-0.3, -0.25) is 0 Å². The summed E-state index contributed by atoms with van der Waals surface area (Å²) in [6, 6.07) is 6.05. The third-order valence-electron chi connectivity index (χ3n) is 2.42. The molecule has 2 aromatic rings. The molecule has 0 saturated heterocycles. The summed E-state index contributed by atoms with van der Waals surface area (Å²) in [5.74, 6) is 1.83. The Morgan fingerprint density at radius 3 is 2.44 bits per heavy atom. The molecular weight excluding hydrogens is 230 g/mol. The molecule has 0 saturated carbocycles. The van der Waals surface area contributed by atoms with Gasteiger partial charge in [0.2, 0.25) is 5.89 Å². The van der Waals surface area contributed by atoms with Crippen molar-refractivity contribution in [1.29, 1.82) is 0 Å². The van der Waals surface area contributed by atoms with E-state index >= 15 is 0 Å². The van der Waals surface area contributed by atoms with Gasteiger partial charge in [0.05, 0.1) is 0 Å². The summed E-state index contributed by atoms with van der Waals surface area (Å²) >= 11 is 0. The summed E-state index contributed by atoms with van der Waals surface area (Å²) in [5, 5.41) is 7.77. The Hall–Kier alpha value is -1.88. The van der Waals surface area contributed by atoms with Crippen LogP contribution in [0.5, 0.6) is 5.75 Å². The Morgan fingerprint density at radius 1 is 1.11 bits per heavy atom. The van der Waals surface area contributed by atoms with E-state index in [1.54, 1.807) is 0 Å². The fraction of sp³-hybridized carbons (Fsp3) is 0.385. The number of benzene rings is 1. The maximum absolute atomic E-state index is 5.62. The molecule has 0 aliphatic heterocycles. The first-order valence-corrected chi connectivity index (χ1v) is 5.90. The van der Waals surface area contributed by atoms with Crippen LogP contribution in [0.25, 0.3) is 0 Å². The number of nitrogens with two attached hydrogens (primary N) is 1. The van der Waals surface area contributed by atoms with Gasteiger partial charge in [-0.05, 0) is 37.1 Å². The van der Waals surface area contributed by atoms with Gasteiger partial charge in [-0.1, -0.05) is 6.07 Å². The quantitative estimate of drug-likeness (QED) is 0.871. The molecule has 18 heavy (non-hydrogen) atoms. The van der Waals surface area contributed by atoms with Crippen molar-refractivity contribution in [2.75, 3.05) is 6.54 Å². The highest BCUT2D eigenvalue weighted by Crippen LogP contribution is 2.17. The van der Waals surface area contributed by atoms with Crippen LogP contribution >= 0.6 is 0 Å². The van der Waals surface area contributed by atoms with Crippen LogP contribution in [0.4, 0.5) is 0 Å². The summed E-state index contributed by atoms with van der Waals surface area (Å²) in [5.41, 5.74) is 7.74. The van der Waals surface area contributed by atoms with Crippen molar-refractivity contribution < 1.29 is 9.15 Å². The average molecular weight is 247 g/mol. The first kappa shape index (κ1) is 12.6. The first-order chi connectivity index (χ1) is 8.67. The standard InChI is InChI=1S/C13H17N3O2/c1-9-5-10(2)7-11(6-9)17-8-13-16-15-12(18-13)3-4-14/h5-7H,3-4,8,14H2,1-2H3. The van der Waals surface area contributed by atoms with Crippen LogP contribution < -0.4 is 10.5 Å². The number of aryl methyl sites for hydroxylation is 2. The molecule has 2 N–H and O–H groups in total. The molecule has 0 fully saturated rings. The van der Waals surface area contributed by atoms with Crippen molar-refractivity contribution in [2.24, 2.45) is 5.73 Å². The molecule has 5 nitrogen and oxygen atoms in total. The SMILES string of the molecule is Cc1cc(C)cc(OCc2nnc(CCN)o2)c1. The van der Waals surface area contributed by atoms with Crippen LogP contribution in [0.2, 0.25) is 0 Å². The molecule has 0 aliphatic rings. The molecule has 5 heteroatoms. The van der Waals surface area contributed by atoms with Crippen molar-refractivity contribution in [3.8, 4) is 5.75 Å². The second-order valence-corrected chi connectivity index (χ2v) is 4.24. The van der Waals surface area contributed by atoms with Gasteiger partial charge in [0.1, 0.15) is 5.75 Å². The topological polar surface area (TPSA) is 74.2 Å². The van der Waals surface area contributed by atoms with Crippen LogP contribution in [-0.4, -0.2) is 16.7 Å². The molecule has 96 valence electrons. The van der Waals surface area contributed by atoms with E-state index in [2.05, 4.69) is 16.3 Å². The molecule has 0 radical (unpaired) electrons. The molecule has 0 amide bonds. The first-order valence-electron chi connectivity index (χ1n) is 5.90. The van der Waals surface area contributed by atoms with Crippen LogP contribution in [0, 0.1) is 13.8 Å². The summed E-state index contributed by atoms with van der Waals surface area (Å²) in [4.78, 5) is 0. The van der Waals surface area contributed by atoms with E-state index in [-0.39, 0.29) is 6.61 Å². The van der Waals surface area contributed by atoms with Gasteiger partial charge in [0, 0.05) is 13.0 Å². The lowest BCUT2D eigenvalue weighted by Gasteiger charge is -2.05. The zero-order valence-electron chi connectivity index (χ0n) is 10.6. The number of aromatic nitrogens is 2. The minimum Gasteiger partial charge on any atom is -0.484 e. The highest BCUT2D eigenvalue weighted by molar-refractivity contribution is 5.32. The van der Waals surface area contributed by atoms with Crippen LogP contribution in [-0.2, 0) is 13.0 Å². The number of ether oxygens (including phenoxy) is 1. The van der Waals surface area contributed by atoms with E-state index in [9.17, 15) is 0 Å². The molecule has 1 aromatic heterocycles. The van der Waals surface area contributed by atoms with E-state index in [4.69, 9.17) is 14.9 Å². The molecule has 0 bridgehead atoms. The molecule has 0 unspecified atom stereocenters. The summed E-state index contributed by atoms with van der Waals surface area (Å²) in [6.45, 7) is 4.85. The Labute approximate surface area is 106 Å². The fourth-order valence-electron chi connectivity index (χ4n) is 1.73. The van der Waals surface area contributed by atoms with E-state index in [1.165, 1.54) is 11.1 Å². The Bertz CT molecular complexity index is 502. The smallest absolute Gasteiger partial charge is 0.253 e. The van der Waals surface area contributed by atoms with Crippen molar-refractivity contribution in [3.63, 3.8) is 0 Å². The zero-order chi connectivity index (χ0) is 13.0. The van der Waals surface area contributed by atoms with Gasteiger partial charge in [-0.2, -0.15) is 0 Å². The summed E-state index contributed by atoms with van der Waals surface area (Å²) in [6.07, 6.45) is 0.594. The lowest BCUT2D eigenvalue weighted by Crippen LogP contribution is -2.02. The van der Waals surface area contributed by atoms with Crippen molar-refractivity contribution in [3.05, 3.63) is 41.1 Å². The number of hydrogen-bond acceptors (Lipinski definition) is 5. The van der Waals surface area contributed by atoms with Crippen molar-refractivity contribution in [1.82, 2.24) is 10.2 Å². The molecule has 0 atom stereocenters. The number of hydrogen-bond donors (Lipinski definition) is 1. The predicted molar refractivity (Wildman–Crippen MR) is 67.3 cm³/mol. The second-order valence-electron chi connectivity index (χ2n) is 4.24. The molecule has 0 spiro atoms. The Morgan fingerprint density at radius 2 is 1.78 bits per heavy atom. The highest BCUT2D eigenvalue weighted by atomic mass is 16.5. The maximum atomic E-state index is 5.62. The van der Waals surface area contributed by atoms with E-state index < -0.39 is 0 Å². The molecule has 2 rings (SSSR count). The van der Waals surface area contributed by atoms with Gasteiger partial charge in [0.15, 0.2) is 6.61 Å². The zero-order valence-corrected chi connectivity index (χ0v) is 10.6. The lowest BCUT2D eigenvalue weighted by molar-refractivity contribution is 0.259. The van der Waals surface area contributed by atoms with Gasteiger partial charge in [0.25, 0.3) is 5.89 Å². The van der Waals surface area contributed by atoms with Gasteiger partial charge in [-0.25, -0.2) is 0 Å². The van der Waals surface area contributed by atoms with Crippen LogP contribution in [0.1, 0.15) is 22.9 Å². The van der Waals surface area contributed by atoms with E-state index in [1.807, 2.05) is 26.0 Å². The second kappa shape index (κ2) is 5.64. The van der Waals surface area contributed by atoms with Gasteiger partial charge >= 0.3 is 0 Å². The highest BCUT2D eigenvalue weighted by Gasteiger charge is 2.06. The van der Waals surface area contributed by atoms with Crippen molar-refractivity contribution in [2.45, 2.75) is 26.9 Å². The normalized spacial score (nSPS) is 10.6. The third-order valence-corrected chi connectivity index (χ3v) is 2.42. The molecule has 1 aromatic carbocycles. The van der Waals surface area contributed by atoms with Crippen LogP contribution in [0.15, 0.2) is 22.6 Å². The Balaban J connectivity index is 1.97. The van der Waals surface area contributed by atoms with E-state index in [0.717, 1.165) is 5.75 Å². The maximum Gasteiger partial charge on any atom is 0.253 e. The largest absolute Gasteiger partial charge is 0.484 e. The number of nitrogens with zero attached hydrogens (tertiary/aromatic N) is 2. The molecule has 1 heterocycles. The number of rotatable bonds is 5. The monoisotopic (exact) mass is 247 g/mol. The van der Waals surface area contributed by atoms with Gasteiger partial charge < -0.3 is 14.9 Å². The summed E-state index contributed by atoms with van der Waals surface area (Å²) in [7, 11) is 0. The summed E-state index contributed by atoms with van der Waals surface area (Å²) < 4.78 is 11.0. The minimum atomic E-state index is 0.278. The predicted octanol–water partition coefficient (Wildman–Crippen LogP) is 1.77. The molecular formula is C13H17N3O2. The average Bonchev–Trinajstić information content (AvgIpc) is 2.74.